The number of halogens is 1. The summed E-state index contributed by atoms with van der Waals surface area (Å²) in [6, 6.07) is 14.4. The molecule has 0 aliphatic heterocycles. The molecule has 0 aliphatic rings. The molecule has 0 fully saturated rings. The van der Waals surface area contributed by atoms with Gasteiger partial charge in [-0.2, -0.15) is 0 Å². The Morgan fingerprint density at radius 3 is 2.64 bits per heavy atom. The summed E-state index contributed by atoms with van der Waals surface area (Å²) >= 11 is 5.40. The molecule has 0 saturated carbocycles. The molecule has 4 rings (SSSR count). The van der Waals surface area contributed by atoms with Crippen molar-refractivity contribution in [2.45, 2.75) is 33.9 Å². The predicted molar refractivity (Wildman–Crippen MR) is 120 cm³/mol. The number of nitrogens with zero attached hydrogens (tertiary/aromatic N) is 4. The van der Waals surface area contributed by atoms with Crippen molar-refractivity contribution < 1.29 is 0 Å². The molecule has 0 spiro atoms. The zero-order chi connectivity index (χ0) is 19.7. The molecule has 1 N–H and O–H groups in total. The third-order valence-electron chi connectivity index (χ3n) is 4.28. The molecule has 7 heteroatoms. The van der Waals surface area contributed by atoms with Crippen LogP contribution in [0.4, 0.5) is 5.69 Å². The van der Waals surface area contributed by atoms with Crippen molar-refractivity contribution in [3.05, 3.63) is 58.0 Å². The molecule has 0 saturated heterocycles. The number of hydrogen-bond donors (Lipinski definition) is 1. The SMILES string of the molecule is CC(C)(C)Cn1nnc2c(Br)c(NCc3cnc(-c4ccccc4)s3)ccc21. The van der Waals surface area contributed by atoms with Gasteiger partial charge in [-0.15, -0.1) is 16.4 Å². The Morgan fingerprint density at radius 1 is 1.11 bits per heavy atom. The minimum Gasteiger partial charge on any atom is -0.379 e. The Bertz CT molecular complexity index is 1100. The van der Waals surface area contributed by atoms with Crippen molar-refractivity contribution in [1.82, 2.24) is 20.0 Å². The fourth-order valence-electron chi connectivity index (χ4n) is 2.99. The van der Waals surface area contributed by atoms with Crippen LogP contribution in [0.1, 0.15) is 25.6 Å². The van der Waals surface area contributed by atoms with E-state index in [4.69, 9.17) is 0 Å². The zero-order valence-corrected chi connectivity index (χ0v) is 18.5. The lowest BCUT2D eigenvalue weighted by Gasteiger charge is -2.18. The smallest absolute Gasteiger partial charge is 0.129 e. The van der Waals surface area contributed by atoms with Crippen LogP contribution in [0.5, 0.6) is 0 Å². The summed E-state index contributed by atoms with van der Waals surface area (Å²) in [4.78, 5) is 5.73. The molecular weight excluding hydrogens is 434 g/mol. The van der Waals surface area contributed by atoms with E-state index in [9.17, 15) is 0 Å². The number of anilines is 1. The van der Waals surface area contributed by atoms with Crippen molar-refractivity contribution >= 4 is 44.0 Å². The highest BCUT2D eigenvalue weighted by Crippen LogP contribution is 2.32. The van der Waals surface area contributed by atoms with Crippen molar-refractivity contribution in [1.29, 1.82) is 0 Å². The first kappa shape index (κ1) is 19.1. The van der Waals surface area contributed by atoms with E-state index in [0.717, 1.165) is 38.3 Å². The van der Waals surface area contributed by atoms with Crippen LogP contribution >= 0.6 is 27.3 Å². The van der Waals surface area contributed by atoms with Crippen molar-refractivity contribution in [2.24, 2.45) is 5.41 Å². The summed E-state index contributed by atoms with van der Waals surface area (Å²) in [5.74, 6) is 0. The maximum atomic E-state index is 4.55. The predicted octanol–water partition coefficient (Wildman–Crippen LogP) is 5.98. The van der Waals surface area contributed by atoms with E-state index < -0.39 is 0 Å². The summed E-state index contributed by atoms with van der Waals surface area (Å²) in [5.41, 5.74) is 4.22. The lowest BCUT2D eigenvalue weighted by molar-refractivity contribution is 0.327. The minimum absolute atomic E-state index is 0.145. The van der Waals surface area contributed by atoms with Crippen LogP contribution in [0, 0.1) is 5.41 Å². The van der Waals surface area contributed by atoms with E-state index >= 15 is 0 Å². The Labute approximate surface area is 176 Å². The van der Waals surface area contributed by atoms with Gasteiger partial charge in [0, 0.05) is 23.2 Å². The van der Waals surface area contributed by atoms with Crippen molar-refractivity contribution in [3.63, 3.8) is 0 Å². The van der Waals surface area contributed by atoms with E-state index in [-0.39, 0.29) is 5.41 Å². The molecule has 4 aromatic rings. The summed E-state index contributed by atoms with van der Waals surface area (Å²) in [5, 5.41) is 13.2. The van der Waals surface area contributed by atoms with Gasteiger partial charge < -0.3 is 5.32 Å². The van der Waals surface area contributed by atoms with Crippen LogP contribution in [0.3, 0.4) is 0 Å². The number of thiazole rings is 1. The molecule has 0 unspecified atom stereocenters. The first-order valence-corrected chi connectivity index (χ1v) is 10.8. The molecular formula is C21H22BrN5S. The summed E-state index contributed by atoms with van der Waals surface area (Å²) < 4.78 is 2.91. The van der Waals surface area contributed by atoms with E-state index in [0.29, 0.717) is 6.54 Å². The summed E-state index contributed by atoms with van der Waals surface area (Å²) in [7, 11) is 0. The standard InChI is InChI=1S/C21H22BrN5S/c1-21(2,3)13-27-17-10-9-16(18(22)19(17)25-26-27)23-11-15-12-24-20(28-15)14-7-5-4-6-8-14/h4-10,12,23H,11,13H2,1-3H3. The van der Waals surface area contributed by atoms with E-state index in [1.807, 2.05) is 29.1 Å². The highest BCUT2D eigenvalue weighted by Gasteiger charge is 2.17. The van der Waals surface area contributed by atoms with E-state index in [1.54, 1.807) is 11.3 Å². The molecule has 144 valence electrons. The number of fused-ring (bicyclic) bond motifs is 1. The lowest BCUT2D eigenvalue weighted by atomic mass is 9.97. The van der Waals surface area contributed by atoms with Gasteiger partial charge in [0.2, 0.25) is 0 Å². The van der Waals surface area contributed by atoms with Gasteiger partial charge in [0.25, 0.3) is 0 Å². The van der Waals surface area contributed by atoms with Crippen LogP contribution < -0.4 is 5.32 Å². The maximum Gasteiger partial charge on any atom is 0.129 e. The van der Waals surface area contributed by atoms with Crippen LogP contribution in [-0.4, -0.2) is 20.0 Å². The molecule has 0 amide bonds. The number of nitrogens with one attached hydrogen (secondary N) is 1. The Balaban J connectivity index is 1.51. The summed E-state index contributed by atoms with van der Waals surface area (Å²) in [6.45, 7) is 8.13. The van der Waals surface area contributed by atoms with Gasteiger partial charge in [0.15, 0.2) is 0 Å². The van der Waals surface area contributed by atoms with Gasteiger partial charge in [0.05, 0.1) is 22.2 Å². The van der Waals surface area contributed by atoms with Gasteiger partial charge in [-0.05, 0) is 33.5 Å². The molecule has 28 heavy (non-hydrogen) atoms. The van der Waals surface area contributed by atoms with Crippen LogP contribution in [-0.2, 0) is 13.1 Å². The van der Waals surface area contributed by atoms with Crippen molar-refractivity contribution in [3.8, 4) is 10.6 Å². The van der Waals surface area contributed by atoms with Gasteiger partial charge in [-0.1, -0.05) is 56.3 Å². The number of benzene rings is 2. The third kappa shape index (κ3) is 4.10. The third-order valence-corrected chi connectivity index (χ3v) is 6.13. The molecule has 0 atom stereocenters. The second-order valence-electron chi connectivity index (χ2n) is 7.95. The Hall–Kier alpha value is -2.25. The number of rotatable bonds is 5. The largest absolute Gasteiger partial charge is 0.379 e. The second-order valence-corrected chi connectivity index (χ2v) is 9.86. The van der Waals surface area contributed by atoms with Gasteiger partial charge in [0.1, 0.15) is 10.5 Å². The van der Waals surface area contributed by atoms with E-state index in [1.165, 1.54) is 4.88 Å². The average Bonchev–Trinajstić information content (AvgIpc) is 3.29. The van der Waals surface area contributed by atoms with Crippen molar-refractivity contribution in [2.75, 3.05) is 5.32 Å². The fourth-order valence-corrected chi connectivity index (χ4v) is 4.41. The quantitative estimate of drug-likeness (QED) is 0.402. The maximum absolute atomic E-state index is 4.55. The minimum atomic E-state index is 0.145. The van der Waals surface area contributed by atoms with Crippen LogP contribution in [0.15, 0.2) is 53.1 Å². The average molecular weight is 456 g/mol. The molecule has 0 radical (unpaired) electrons. The van der Waals surface area contributed by atoms with Gasteiger partial charge >= 0.3 is 0 Å². The molecule has 5 nitrogen and oxygen atoms in total. The Kier molecular flexibility index (Phi) is 5.21. The summed E-state index contributed by atoms with van der Waals surface area (Å²) in [6.07, 6.45) is 1.94. The molecule has 0 aliphatic carbocycles. The number of hydrogen-bond acceptors (Lipinski definition) is 5. The van der Waals surface area contributed by atoms with Crippen LogP contribution in [0.25, 0.3) is 21.6 Å². The highest BCUT2D eigenvalue weighted by atomic mass is 79.9. The zero-order valence-electron chi connectivity index (χ0n) is 16.1. The molecule has 2 aromatic carbocycles. The molecule has 0 bridgehead atoms. The monoisotopic (exact) mass is 455 g/mol. The highest BCUT2D eigenvalue weighted by molar-refractivity contribution is 9.10. The first-order valence-electron chi connectivity index (χ1n) is 9.16. The molecule has 2 heterocycles. The fraction of sp³-hybridized carbons (Fsp3) is 0.286. The van der Waals surface area contributed by atoms with E-state index in [2.05, 4.69) is 81.6 Å². The molecule has 2 aromatic heterocycles. The first-order chi connectivity index (χ1) is 13.4. The van der Waals surface area contributed by atoms with Gasteiger partial charge in [-0.25, -0.2) is 9.67 Å². The number of aromatic nitrogens is 4. The second kappa shape index (κ2) is 7.64. The normalized spacial score (nSPS) is 11.9. The van der Waals surface area contributed by atoms with Crippen LogP contribution in [0.2, 0.25) is 0 Å². The lowest BCUT2D eigenvalue weighted by Crippen LogP contribution is -2.16. The van der Waals surface area contributed by atoms with Gasteiger partial charge in [-0.3, -0.25) is 0 Å². The Morgan fingerprint density at radius 2 is 1.89 bits per heavy atom. The topological polar surface area (TPSA) is 55.6 Å².